The van der Waals surface area contributed by atoms with Crippen molar-refractivity contribution in [1.82, 2.24) is 14.9 Å². The molecule has 6 heteroatoms. The molecule has 0 aliphatic heterocycles. The number of halogens is 1. The Bertz CT molecular complexity index is 595. The van der Waals surface area contributed by atoms with E-state index in [1.54, 1.807) is 30.0 Å². The normalized spacial score (nSPS) is 10.3. The van der Waals surface area contributed by atoms with Gasteiger partial charge >= 0.3 is 0 Å². The monoisotopic (exact) mass is 323 g/mol. The third-order valence-electron chi connectivity index (χ3n) is 2.67. The fraction of sp³-hybridized carbons (Fsp3) is 0.231. The summed E-state index contributed by atoms with van der Waals surface area (Å²) in [4.78, 5) is 16.0. The Hall–Kier alpha value is -1.82. The van der Waals surface area contributed by atoms with E-state index in [0.29, 0.717) is 18.1 Å². The van der Waals surface area contributed by atoms with Crippen LogP contribution in [-0.4, -0.2) is 22.6 Å². The number of methoxy groups -OCH3 is 1. The van der Waals surface area contributed by atoms with Crippen LogP contribution in [0, 0.1) is 0 Å². The molecular formula is C13H14BrN3O2. The fourth-order valence-electron chi connectivity index (χ4n) is 1.69. The summed E-state index contributed by atoms with van der Waals surface area (Å²) in [5.74, 6) is 0.414. The van der Waals surface area contributed by atoms with Gasteiger partial charge in [0.25, 0.3) is 5.91 Å². The first-order valence-corrected chi connectivity index (χ1v) is 6.48. The molecule has 0 saturated carbocycles. The lowest BCUT2D eigenvalue weighted by Gasteiger charge is -2.07. The molecule has 1 N–H and O–H groups in total. The molecule has 2 heterocycles. The van der Waals surface area contributed by atoms with E-state index in [-0.39, 0.29) is 5.91 Å². The first-order chi connectivity index (χ1) is 9.10. The van der Waals surface area contributed by atoms with Crippen LogP contribution in [0.2, 0.25) is 0 Å². The fourth-order valence-corrected chi connectivity index (χ4v) is 2.22. The van der Waals surface area contributed by atoms with Gasteiger partial charge in [0.15, 0.2) is 0 Å². The van der Waals surface area contributed by atoms with Gasteiger partial charge in [-0.2, -0.15) is 0 Å². The lowest BCUT2D eigenvalue weighted by Crippen LogP contribution is -2.24. The van der Waals surface area contributed by atoms with Crippen molar-refractivity contribution in [3.63, 3.8) is 0 Å². The lowest BCUT2D eigenvalue weighted by molar-refractivity contribution is 0.0942. The zero-order valence-corrected chi connectivity index (χ0v) is 12.3. The third-order valence-corrected chi connectivity index (χ3v) is 3.10. The number of carbonyl (C=O) groups excluding carboxylic acids is 1. The molecule has 5 nitrogen and oxygen atoms in total. The van der Waals surface area contributed by atoms with E-state index in [2.05, 4.69) is 26.2 Å². The number of amides is 1. The molecule has 0 aliphatic rings. The first-order valence-electron chi connectivity index (χ1n) is 5.69. The van der Waals surface area contributed by atoms with Crippen molar-refractivity contribution in [2.75, 3.05) is 7.11 Å². The van der Waals surface area contributed by atoms with Crippen LogP contribution in [0.25, 0.3) is 0 Å². The number of aromatic nitrogens is 2. The minimum absolute atomic E-state index is 0.121. The Balaban J connectivity index is 2.02. The van der Waals surface area contributed by atoms with Crippen molar-refractivity contribution in [2.45, 2.75) is 6.54 Å². The van der Waals surface area contributed by atoms with Gasteiger partial charge in [0.05, 0.1) is 7.11 Å². The number of hydrogen-bond acceptors (Lipinski definition) is 3. The van der Waals surface area contributed by atoms with Gasteiger partial charge in [-0.05, 0) is 33.6 Å². The Labute approximate surface area is 119 Å². The number of hydrogen-bond donors (Lipinski definition) is 1. The van der Waals surface area contributed by atoms with Crippen molar-refractivity contribution < 1.29 is 9.53 Å². The van der Waals surface area contributed by atoms with Crippen LogP contribution in [0.3, 0.4) is 0 Å². The van der Waals surface area contributed by atoms with Crippen LogP contribution < -0.4 is 10.1 Å². The first kappa shape index (κ1) is 13.6. The summed E-state index contributed by atoms with van der Waals surface area (Å²) >= 11 is 3.34. The average Bonchev–Trinajstić information content (AvgIpc) is 2.75. The maximum Gasteiger partial charge on any atom is 0.268 e. The van der Waals surface area contributed by atoms with Crippen molar-refractivity contribution in [3.8, 4) is 5.88 Å². The van der Waals surface area contributed by atoms with E-state index in [0.717, 1.165) is 10.0 Å². The number of aryl methyl sites for hydroxylation is 1. The summed E-state index contributed by atoms with van der Waals surface area (Å²) in [7, 11) is 3.39. The largest absolute Gasteiger partial charge is 0.481 e. The molecule has 2 aromatic heterocycles. The van der Waals surface area contributed by atoms with Crippen LogP contribution in [0.5, 0.6) is 5.88 Å². The standard InChI is InChI=1S/C13H14BrN3O2/c1-17-8-10(14)6-11(17)13(18)16-7-9-3-4-15-12(5-9)19-2/h3-6,8H,7H2,1-2H3,(H,16,18). The van der Waals surface area contributed by atoms with E-state index >= 15 is 0 Å². The second kappa shape index (κ2) is 5.88. The number of pyridine rings is 1. The molecule has 100 valence electrons. The highest BCUT2D eigenvalue weighted by atomic mass is 79.9. The summed E-state index contributed by atoms with van der Waals surface area (Å²) < 4.78 is 7.69. The lowest BCUT2D eigenvalue weighted by atomic mass is 10.2. The average molecular weight is 324 g/mol. The predicted molar refractivity (Wildman–Crippen MR) is 75.1 cm³/mol. The molecule has 0 radical (unpaired) electrons. The third kappa shape index (κ3) is 3.35. The Morgan fingerprint density at radius 3 is 2.95 bits per heavy atom. The van der Waals surface area contributed by atoms with Gasteiger partial charge in [-0.3, -0.25) is 4.79 Å². The topological polar surface area (TPSA) is 56.1 Å². The molecule has 0 atom stereocenters. The molecule has 0 bridgehead atoms. The number of ether oxygens (including phenoxy) is 1. The van der Waals surface area contributed by atoms with Crippen LogP contribution in [-0.2, 0) is 13.6 Å². The number of nitrogens with one attached hydrogen (secondary N) is 1. The molecule has 0 fully saturated rings. The molecular weight excluding hydrogens is 310 g/mol. The van der Waals surface area contributed by atoms with Crippen LogP contribution in [0.15, 0.2) is 35.1 Å². The summed E-state index contributed by atoms with van der Waals surface area (Å²) in [5.41, 5.74) is 1.54. The minimum atomic E-state index is -0.121. The summed E-state index contributed by atoms with van der Waals surface area (Å²) in [5, 5.41) is 2.86. The molecule has 2 aromatic rings. The van der Waals surface area contributed by atoms with Crippen LogP contribution in [0.4, 0.5) is 0 Å². The van der Waals surface area contributed by atoms with Gasteiger partial charge in [-0.1, -0.05) is 0 Å². The molecule has 0 spiro atoms. The minimum Gasteiger partial charge on any atom is -0.481 e. The molecule has 0 aliphatic carbocycles. The van der Waals surface area contributed by atoms with Gasteiger partial charge in [0.1, 0.15) is 5.69 Å². The molecule has 0 saturated heterocycles. The van der Waals surface area contributed by atoms with Gasteiger partial charge in [0, 0.05) is 36.5 Å². The van der Waals surface area contributed by atoms with Gasteiger partial charge in [0.2, 0.25) is 5.88 Å². The van der Waals surface area contributed by atoms with Crippen LogP contribution in [0.1, 0.15) is 16.1 Å². The quantitative estimate of drug-likeness (QED) is 0.937. The van der Waals surface area contributed by atoms with Gasteiger partial charge in [-0.25, -0.2) is 4.98 Å². The summed E-state index contributed by atoms with van der Waals surface area (Å²) in [6.45, 7) is 0.431. The van der Waals surface area contributed by atoms with Crippen molar-refractivity contribution in [3.05, 3.63) is 46.3 Å². The number of nitrogens with zero attached hydrogens (tertiary/aromatic N) is 2. The smallest absolute Gasteiger partial charge is 0.268 e. The molecule has 0 aromatic carbocycles. The molecule has 1 amide bonds. The highest BCUT2D eigenvalue weighted by molar-refractivity contribution is 9.10. The summed E-state index contributed by atoms with van der Waals surface area (Å²) in [6, 6.07) is 5.41. The van der Waals surface area contributed by atoms with E-state index in [4.69, 9.17) is 4.74 Å². The maximum absolute atomic E-state index is 12.0. The number of rotatable bonds is 4. The van der Waals surface area contributed by atoms with Gasteiger partial charge < -0.3 is 14.6 Å². The summed E-state index contributed by atoms with van der Waals surface area (Å²) in [6.07, 6.45) is 3.49. The van der Waals surface area contributed by atoms with E-state index in [9.17, 15) is 4.79 Å². The second-order valence-corrected chi connectivity index (χ2v) is 4.96. The highest BCUT2D eigenvalue weighted by Gasteiger charge is 2.10. The van der Waals surface area contributed by atoms with E-state index < -0.39 is 0 Å². The Morgan fingerprint density at radius 1 is 1.53 bits per heavy atom. The van der Waals surface area contributed by atoms with Crippen LogP contribution >= 0.6 is 15.9 Å². The highest BCUT2D eigenvalue weighted by Crippen LogP contribution is 2.14. The zero-order valence-electron chi connectivity index (χ0n) is 10.7. The second-order valence-electron chi connectivity index (χ2n) is 4.04. The van der Waals surface area contributed by atoms with Gasteiger partial charge in [-0.15, -0.1) is 0 Å². The number of carbonyl (C=O) groups is 1. The SMILES string of the molecule is COc1cc(CNC(=O)c2cc(Br)cn2C)ccn1. The molecule has 0 unspecified atom stereocenters. The Morgan fingerprint density at radius 2 is 2.32 bits per heavy atom. The van der Waals surface area contributed by atoms with E-state index in [1.165, 1.54) is 0 Å². The maximum atomic E-state index is 12.0. The van der Waals surface area contributed by atoms with Crippen molar-refractivity contribution in [2.24, 2.45) is 7.05 Å². The Kier molecular flexibility index (Phi) is 4.21. The van der Waals surface area contributed by atoms with E-state index in [1.807, 2.05) is 19.3 Å². The van der Waals surface area contributed by atoms with Crippen molar-refractivity contribution in [1.29, 1.82) is 0 Å². The molecule has 19 heavy (non-hydrogen) atoms. The predicted octanol–water partition coefficient (Wildman–Crippen LogP) is 2.12. The van der Waals surface area contributed by atoms with Crippen molar-refractivity contribution >= 4 is 21.8 Å². The zero-order chi connectivity index (χ0) is 13.8. The molecule has 2 rings (SSSR count).